The zero-order valence-corrected chi connectivity index (χ0v) is 15.4. The smallest absolute Gasteiger partial charge is 0.272 e. The van der Waals surface area contributed by atoms with Crippen molar-refractivity contribution in [2.45, 2.75) is 45.7 Å². The van der Waals surface area contributed by atoms with E-state index >= 15 is 0 Å². The van der Waals surface area contributed by atoms with E-state index in [1.807, 2.05) is 29.5 Å². The molecule has 1 amide bonds. The van der Waals surface area contributed by atoms with Gasteiger partial charge < -0.3 is 14.5 Å². The molecule has 1 spiro atoms. The summed E-state index contributed by atoms with van der Waals surface area (Å²) in [5.74, 6) is 0.132. The minimum atomic E-state index is 0.132. The predicted molar refractivity (Wildman–Crippen MR) is 93.1 cm³/mol. The number of carbonyl (C=O) groups excluding carboxylic acids is 1. The van der Waals surface area contributed by atoms with Gasteiger partial charge in [-0.1, -0.05) is 0 Å². The molecule has 1 atom stereocenters. The Morgan fingerprint density at radius 3 is 2.75 bits per heavy atom. The van der Waals surface area contributed by atoms with Gasteiger partial charge in [0.1, 0.15) is 5.69 Å². The van der Waals surface area contributed by atoms with Gasteiger partial charge in [0.15, 0.2) is 0 Å². The molecule has 0 aromatic carbocycles. The number of likely N-dealkylation sites (tertiary alicyclic amines) is 2. The first-order chi connectivity index (χ1) is 11.5. The van der Waals surface area contributed by atoms with Crippen LogP contribution in [0.3, 0.4) is 0 Å². The maximum absolute atomic E-state index is 12.9. The van der Waals surface area contributed by atoms with Crippen molar-refractivity contribution in [1.29, 1.82) is 0 Å². The summed E-state index contributed by atoms with van der Waals surface area (Å²) in [6.07, 6.45) is 3.36. The van der Waals surface area contributed by atoms with Gasteiger partial charge in [-0.15, -0.1) is 0 Å². The summed E-state index contributed by atoms with van der Waals surface area (Å²) in [6.45, 7) is 8.32. The van der Waals surface area contributed by atoms with E-state index in [-0.39, 0.29) is 5.91 Å². The highest BCUT2D eigenvalue weighted by Gasteiger charge is 2.44. The van der Waals surface area contributed by atoms with E-state index in [0.29, 0.717) is 11.5 Å². The average molecular weight is 334 g/mol. The third kappa shape index (κ3) is 3.22. The number of amides is 1. The van der Waals surface area contributed by atoms with Crippen LogP contribution >= 0.6 is 0 Å². The molecule has 24 heavy (non-hydrogen) atoms. The lowest BCUT2D eigenvalue weighted by Gasteiger charge is -2.39. The molecule has 0 N–H and O–H groups in total. The van der Waals surface area contributed by atoms with Crippen LogP contribution < -0.4 is 0 Å². The molecule has 1 aromatic rings. The van der Waals surface area contributed by atoms with Crippen molar-refractivity contribution in [3.8, 4) is 0 Å². The summed E-state index contributed by atoms with van der Waals surface area (Å²) in [5.41, 5.74) is 2.00. The monoisotopic (exact) mass is 334 g/mol. The van der Waals surface area contributed by atoms with Gasteiger partial charge in [0.2, 0.25) is 0 Å². The number of aryl methyl sites for hydroxylation is 2. The average Bonchev–Trinajstić information content (AvgIpc) is 3.08. The van der Waals surface area contributed by atoms with E-state index in [1.54, 1.807) is 7.11 Å². The third-order valence-corrected chi connectivity index (χ3v) is 5.77. The maximum atomic E-state index is 12.9. The number of piperidine rings is 1. The zero-order chi connectivity index (χ0) is 17.3. The number of hydrogen-bond acceptors (Lipinski definition) is 4. The third-order valence-electron chi connectivity index (χ3n) is 5.77. The van der Waals surface area contributed by atoms with Crippen molar-refractivity contribution in [1.82, 2.24) is 19.6 Å². The van der Waals surface area contributed by atoms with Gasteiger partial charge in [-0.25, -0.2) is 0 Å². The van der Waals surface area contributed by atoms with Gasteiger partial charge in [0.05, 0.1) is 12.3 Å². The SMILES string of the molecule is CCn1nc(C)cc1C(=O)N1CCC2(CC1)CC(COC)N(C)C2. The maximum Gasteiger partial charge on any atom is 0.272 e. The molecule has 0 bridgehead atoms. The summed E-state index contributed by atoms with van der Waals surface area (Å²) >= 11 is 0. The summed E-state index contributed by atoms with van der Waals surface area (Å²) in [7, 11) is 3.97. The van der Waals surface area contributed by atoms with Gasteiger partial charge in [0, 0.05) is 39.3 Å². The molecule has 0 radical (unpaired) electrons. The first-order valence-corrected chi connectivity index (χ1v) is 9.01. The first-order valence-electron chi connectivity index (χ1n) is 9.01. The molecule has 0 saturated carbocycles. The fraction of sp³-hybridized carbons (Fsp3) is 0.778. The second-order valence-corrected chi connectivity index (χ2v) is 7.51. The first kappa shape index (κ1) is 17.4. The molecule has 6 nitrogen and oxygen atoms in total. The number of hydrogen-bond donors (Lipinski definition) is 0. The van der Waals surface area contributed by atoms with Crippen molar-refractivity contribution < 1.29 is 9.53 Å². The second-order valence-electron chi connectivity index (χ2n) is 7.51. The van der Waals surface area contributed by atoms with Crippen LogP contribution in [0, 0.1) is 12.3 Å². The molecule has 134 valence electrons. The summed E-state index contributed by atoms with van der Waals surface area (Å²) in [4.78, 5) is 17.3. The number of likely N-dealkylation sites (N-methyl/N-ethyl adjacent to an activating group) is 1. The van der Waals surface area contributed by atoms with Gasteiger partial charge in [-0.2, -0.15) is 5.10 Å². The molecule has 1 unspecified atom stereocenters. The van der Waals surface area contributed by atoms with Crippen LogP contribution in [0.2, 0.25) is 0 Å². The molecule has 3 rings (SSSR count). The number of ether oxygens (including phenoxy) is 1. The van der Waals surface area contributed by atoms with Crippen LogP contribution in [-0.4, -0.2) is 71.9 Å². The van der Waals surface area contributed by atoms with Crippen molar-refractivity contribution in [3.63, 3.8) is 0 Å². The van der Waals surface area contributed by atoms with Crippen LogP contribution in [0.25, 0.3) is 0 Å². The van der Waals surface area contributed by atoms with Gasteiger partial charge >= 0.3 is 0 Å². The lowest BCUT2D eigenvalue weighted by molar-refractivity contribution is 0.0580. The molecule has 2 fully saturated rings. The zero-order valence-electron chi connectivity index (χ0n) is 15.4. The number of rotatable bonds is 4. The number of nitrogens with zero attached hydrogens (tertiary/aromatic N) is 4. The van der Waals surface area contributed by atoms with E-state index in [0.717, 1.165) is 57.0 Å². The number of carbonyl (C=O) groups is 1. The second kappa shape index (κ2) is 6.84. The minimum Gasteiger partial charge on any atom is -0.383 e. The van der Waals surface area contributed by atoms with Crippen molar-refractivity contribution in [2.75, 3.05) is 40.4 Å². The molecule has 2 aliphatic rings. The molecular weight excluding hydrogens is 304 g/mol. The Bertz CT molecular complexity index is 590. The number of aromatic nitrogens is 2. The Morgan fingerprint density at radius 1 is 1.42 bits per heavy atom. The summed E-state index contributed by atoms with van der Waals surface area (Å²) in [5, 5.41) is 4.40. The highest BCUT2D eigenvalue weighted by molar-refractivity contribution is 5.92. The lowest BCUT2D eigenvalue weighted by atomic mass is 9.76. The van der Waals surface area contributed by atoms with Gasteiger partial charge in [-0.05, 0) is 51.6 Å². The fourth-order valence-corrected chi connectivity index (χ4v) is 4.42. The topological polar surface area (TPSA) is 50.6 Å². The van der Waals surface area contributed by atoms with Crippen molar-refractivity contribution >= 4 is 5.91 Å². The van der Waals surface area contributed by atoms with Crippen molar-refractivity contribution in [3.05, 3.63) is 17.5 Å². The highest BCUT2D eigenvalue weighted by Crippen LogP contribution is 2.43. The predicted octanol–water partition coefficient (Wildman–Crippen LogP) is 1.78. The summed E-state index contributed by atoms with van der Waals surface area (Å²) in [6, 6.07) is 2.43. The molecule has 0 aliphatic carbocycles. The largest absolute Gasteiger partial charge is 0.383 e. The van der Waals surface area contributed by atoms with Crippen LogP contribution in [0.15, 0.2) is 6.07 Å². The number of methoxy groups -OCH3 is 1. The van der Waals surface area contributed by atoms with E-state index in [2.05, 4.69) is 17.0 Å². The van der Waals surface area contributed by atoms with Gasteiger partial charge in [-0.3, -0.25) is 9.48 Å². The van der Waals surface area contributed by atoms with E-state index in [4.69, 9.17) is 4.74 Å². The minimum absolute atomic E-state index is 0.132. The Hall–Kier alpha value is -1.40. The van der Waals surface area contributed by atoms with E-state index in [1.165, 1.54) is 6.42 Å². The Balaban J connectivity index is 1.64. The van der Waals surface area contributed by atoms with E-state index < -0.39 is 0 Å². The lowest BCUT2D eigenvalue weighted by Crippen LogP contribution is -2.44. The standard InChI is InChI=1S/C18H30N4O2/c1-5-22-16(10-14(2)19-22)17(23)21-8-6-18(7-9-21)11-15(12-24-4)20(3)13-18/h10,15H,5-9,11-13H2,1-4H3. The summed E-state index contributed by atoms with van der Waals surface area (Å²) < 4.78 is 7.18. The Labute approximate surface area is 144 Å². The van der Waals surface area contributed by atoms with Crippen molar-refractivity contribution in [2.24, 2.45) is 5.41 Å². The molecule has 3 heterocycles. The van der Waals surface area contributed by atoms with Crippen LogP contribution in [0.1, 0.15) is 42.4 Å². The fourth-order valence-electron chi connectivity index (χ4n) is 4.42. The quantitative estimate of drug-likeness (QED) is 0.842. The molecule has 2 aliphatic heterocycles. The van der Waals surface area contributed by atoms with Crippen LogP contribution in [0.4, 0.5) is 0 Å². The van der Waals surface area contributed by atoms with Crippen LogP contribution in [0.5, 0.6) is 0 Å². The molecule has 6 heteroatoms. The molecule has 1 aromatic heterocycles. The Morgan fingerprint density at radius 2 is 2.12 bits per heavy atom. The van der Waals surface area contributed by atoms with Crippen LogP contribution in [-0.2, 0) is 11.3 Å². The van der Waals surface area contributed by atoms with E-state index in [9.17, 15) is 4.79 Å². The highest BCUT2D eigenvalue weighted by atomic mass is 16.5. The Kier molecular flexibility index (Phi) is 4.97. The molecular formula is C18H30N4O2. The van der Waals surface area contributed by atoms with Gasteiger partial charge in [0.25, 0.3) is 5.91 Å². The molecule has 2 saturated heterocycles. The normalized spacial score (nSPS) is 24.0.